The molecule has 1 aliphatic carbocycles. The summed E-state index contributed by atoms with van der Waals surface area (Å²) in [5, 5.41) is 3.29. The van der Waals surface area contributed by atoms with Gasteiger partial charge in [0.2, 0.25) is 11.8 Å². The Balaban J connectivity index is 1.89. The summed E-state index contributed by atoms with van der Waals surface area (Å²) in [5.74, 6) is 3.23. The number of nitrogens with one attached hydrogen (secondary N) is 1. The third-order valence-corrected chi connectivity index (χ3v) is 4.02. The first kappa shape index (κ1) is 13.4. The van der Waals surface area contributed by atoms with E-state index in [1.165, 1.54) is 25.7 Å². The van der Waals surface area contributed by atoms with Gasteiger partial charge >= 0.3 is 0 Å². The standard InChI is InChI=1S/C13H20ClN3O/c1-18-12-6-7-15-13(17-12)16-9-11-5-3-2-4-10(11)8-14/h6-7,10-11H,2-5,8-9H2,1H3,(H,15,16,17). The molecule has 18 heavy (non-hydrogen) atoms. The van der Waals surface area contributed by atoms with Crippen LogP contribution in [0.15, 0.2) is 12.3 Å². The molecule has 0 radical (unpaired) electrons. The predicted molar refractivity (Wildman–Crippen MR) is 73.2 cm³/mol. The molecule has 2 unspecified atom stereocenters. The molecule has 0 amide bonds. The first-order valence-corrected chi connectivity index (χ1v) is 7.04. The van der Waals surface area contributed by atoms with Gasteiger partial charge in [0, 0.05) is 24.7 Å². The Morgan fingerprint density at radius 1 is 1.39 bits per heavy atom. The topological polar surface area (TPSA) is 47.0 Å². The van der Waals surface area contributed by atoms with E-state index in [1.54, 1.807) is 19.4 Å². The van der Waals surface area contributed by atoms with Crippen LogP contribution in [0.4, 0.5) is 5.95 Å². The second-order valence-electron chi connectivity index (χ2n) is 4.76. The van der Waals surface area contributed by atoms with Gasteiger partial charge in [-0.15, -0.1) is 11.6 Å². The van der Waals surface area contributed by atoms with Gasteiger partial charge in [0.1, 0.15) is 0 Å². The number of nitrogens with zero attached hydrogens (tertiary/aromatic N) is 2. The highest BCUT2D eigenvalue weighted by atomic mass is 35.5. The van der Waals surface area contributed by atoms with Gasteiger partial charge < -0.3 is 10.1 Å². The largest absolute Gasteiger partial charge is 0.481 e. The number of alkyl halides is 1. The molecule has 1 aromatic rings. The first-order valence-electron chi connectivity index (χ1n) is 6.50. The number of aromatic nitrogens is 2. The molecule has 1 saturated carbocycles. The molecule has 5 heteroatoms. The fourth-order valence-electron chi connectivity index (χ4n) is 2.52. The van der Waals surface area contributed by atoms with E-state index >= 15 is 0 Å². The number of rotatable bonds is 5. The van der Waals surface area contributed by atoms with Crippen molar-refractivity contribution in [1.29, 1.82) is 0 Å². The molecule has 2 atom stereocenters. The van der Waals surface area contributed by atoms with E-state index in [4.69, 9.17) is 16.3 Å². The highest BCUT2D eigenvalue weighted by Gasteiger charge is 2.24. The molecular formula is C13H20ClN3O. The number of anilines is 1. The minimum absolute atomic E-state index is 0.588. The molecule has 1 fully saturated rings. The Labute approximate surface area is 113 Å². The van der Waals surface area contributed by atoms with E-state index in [0.717, 1.165) is 12.4 Å². The molecule has 0 spiro atoms. The number of ether oxygens (including phenoxy) is 1. The molecule has 2 rings (SSSR count). The fourth-order valence-corrected chi connectivity index (χ4v) is 2.93. The highest BCUT2D eigenvalue weighted by Crippen LogP contribution is 2.30. The van der Waals surface area contributed by atoms with E-state index < -0.39 is 0 Å². The van der Waals surface area contributed by atoms with E-state index in [9.17, 15) is 0 Å². The van der Waals surface area contributed by atoms with Gasteiger partial charge in [0.25, 0.3) is 0 Å². The maximum atomic E-state index is 6.03. The summed E-state index contributed by atoms with van der Waals surface area (Å²) in [6, 6.07) is 1.74. The summed E-state index contributed by atoms with van der Waals surface area (Å²) in [5.41, 5.74) is 0. The van der Waals surface area contributed by atoms with Crippen LogP contribution in [0.1, 0.15) is 25.7 Å². The summed E-state index contributed by atoms with van der Waals surface area (Å²) in [6.07, 6.45) is 6.81. The Hall–Kier alpha value is -1.03. The van der Waals surface area contributed by atoms with Gasteiger partial charge in [-0.2, -0.15) is 4.98 Å². The SMILES string of the molecule is COc1ccnc(NCC2CCCCC2CCl)n1. The van der Waals surface area contributed by atoms with Crippen LogP contribution in [0.2, 0.25) is 0 Å². The van der Waals surface area contributed by atoms with Crippen molar-refractivity contribution in [2.24, 2.45) is 11.8 Å². The second-order valence-corrected chi connectivity index (χ2v) is 5.07. The van der Waals surface area contributed by atoms with Crippen molar-refractivity contribution in [3.8, 4) is 5.88 Å². The van der Waals surface area contributed by atoms with Crippen LogP contribution in [0.5, 0.6) is 5.88 Å². The third-order valence-electron chi connectivity index (χ3n) is 3.63. The highest BCUT2D eigenvalue weighted by molar-refractivity contribution is 6.18. The zero-order valence-electron chi connectivity index (χ0n) is 10.7. The second kappa shape index (κ2) is 6.78. The minimum Gasteiger partial charge on any atom is -0.481 e. The number of hydrogen-bond donors (Lipinski definition) is 1. The smallest absolute Gasteiger partial charge is 0.225 e. The molecule has 1 aliphatic rings. The van der Waals surface area contributed by atoms with Crippen LogP contribution < -0.4 is 10.1 Å². The van der Waals surface area contributed by atoms with Gasteiger partial charge in [-0.25, -0.2) is 4.98 Å². The third kappa shape index (κ3) is 3.48. The van der Waals surface area contributed by atoms with E-state index in [2.05, 4.69) is 15.3 Å². The van der Waals surface area contributed by atoms with Crippen LogP contribution in [0.25, 0.3) is 0 Å². The Kier molecular flexibility index (Phi) is 5.05. The molecule has 4 nitrogen and oxygen atoms in total. The van der Waals surface area contributed by atoms with Crippen molar-refractivity contribution in [2.75, 3.05) is 24.9 Å². The van der Waals surface area contributed by atoms with Gasteiger partial charge in [0.05, 0.1) is 7.11 Å². The van der Waals surface area contributed by atoms with Crippen molar-refractivity contribution in [1.82, 2.24) is 9.97 Å². The Morgan fingerprint density at radius 3 is 2.89 bits per heavy atom. The minimum atomic E-state index is 0.588. The van der Waals surface area contributed by atoms with E-state index in [1.807, 2.05) is 0 Å². The zero-order chi connectivity index (χ0) is 12.8. The van der Waals surface area contributed by atoms with Crippen LogP contribution in [-0.2, 0) is 0 Å². The first-order chi connectivity index (χ1) is 8.83. The van der Waals surface area contributed by atoms with Crippen molar-refractivity contribution in [3.63, 3.8) is 0 Å². The van der Waals surface area contributed by atoms with Gasteiger partial charge in [-0.3, -0.25) is 0 Å². The van der Waals surface area contributed by atoms with Crippen LogP contribution in [-0.4, -0.2) is 29.5 Å². The van der Waals surface area contributed by atoms with Crippen molar-refractivity contribution in [3.05, 3.63) is 12.3 Å². The van der Waals surface area contributed by atoms with Crippen molar-refractivity contribution < 1.29 is 4.74 Å². The monoisotopic (exact) mass is 269 g/mol. The molecule has 0 aromatic carbocycles. The molecule has 0 bridgehead atoms. The van der Waals surface area contributed by atoms with Crippen molar-refractivity contribution in [2.45, 2.75) is 25.7 Å². The van der Waals surface area contributed by atoms with Gasteiger partial charge in [-0.1, -0.05) is 12.8 Å². The molecule has 1 aromatic heterocycles. The summed E-state index contributed by atoms with van der Waals surface area (Å²) in [6.45, 7) is 0.893. The Bertz CT molecular complexity index is 375. The van der Waals surface area contributed by atoms with Crippen LogP contribution in [0, 0.1) is 11.8 Å². The average Bonchev–Trinajstić information content (AvgIpc) is 2.45. The summed E-state index contributed by atoms with van der Waals surface area (Å²) in [4.78, 5) is 8.44. The lowest BCUT2D eigenvalue weighted by molar-refractivity contribution is 0.271. The molecule has 1 heterocycles. The normalized spacial score (nSPS) is 23.7. The zero-order valence-corrected chi connectivity index (χ0v) is 11.5. The lowest BCUT2D eigenvalue weighted by Crippen LogP contribution is -2.27. The van der Waals surface area contributed by atoms with Gasteiger partial charge in [-0.05, 0) is 24.7 Å². The van der Waals surface area contributed by atoms with E-state index in [0.29, 0.717) is 23.7 Å². The van der Waals surface area contributed by atoms with Gasteiger partial charge in [0.15, 0.2) is 0 Å². The predicted octanol–water partition coefficient (Wildman–Crippen LogP) is 2.94. The van der Waals surface area contributed by atoms with Crippen LogP contribution in [0.3, 0.4) is 0 Å². The number of halogens is 1. The molecular weight excluding hydrogens is 250 g/mol. The molecule has 0 aliphatic heterocycles. The summed E-state index contributed by atoms with van der Waals surface area (Å²) in [7, 11) is 1.61. The average molecular weight is 270 g/mol. The van der Waals surface area contributed by atoms with Crippen molar-refractivity contribution >= 4 is 17.5 Å². The maximum Gasteiger partial charge on any atom is 0.225 e. The lowest BCUT2D eigenvalue weighted by atomic mass is 9.80. The quantitative estimate of drug-likeness (QED) is 0.835. The summed E-state index contributed by atoms with van der Waals surface area (Å²) < 4.78 is 5.08. The fraction of sp³-hybridized carbons (Fsp3) is 0.692. The number of hydrogen-bond acceptors (Lipinski definition) is 4. The number of methoxy groups -OCH3 is 1. The van der Waals surface area contributed by atoms with Crippen LogP contribution >= 0.6 is 11.6 Å². The maximum absolute atomic E-state index is 6.03. The Morgan fingerprint density at radius 2 is 2.17 bits per heavy atom. The molecule has 1 N–H and O–H groups in total. The van der Waals surface area contributed by atoms with E-state index in [-0.39, 0.29) is 0 Å². The lowest BCUT2D eigenvalue weighted by Gasteiger charge is -2.30. The summed E-state index contributed by atoms with van der Waals surface area (Å²) >= 11 is 6.03. The molecule has 100 valence electrons. The molecule has 0 saturated heterocycles.